The smallest absolute Gasteiger partial charge is 0.313 e. The largest absolute Gasteiger partial charge is 0.365 e. The molecule has 0 unspecified atom stereocenters. The Morgan fingerprint density at radius 3 is 2.00 bits per heavy atom. The van der Waals surface area contributed by atoms with Crippen molar-refractivity contribution in [3.05, 3.63) is 60.2 Å². The molecule has 0 aliphatic rings. The topological polar surface area (TPSA) is 38.7 Å². The first-order chi connectivity index (χ1) is 10.4. The van der Waals surface area contributed by atoms with E-state index in [4.69, 9.17) is 4.84 Å². The van der Waals surface area contributed by atoms with Crippen molar-refractivity contribution in [1.82, 2.24) is 0 Å². The Balaban J connectivity index is 2.09. The Hall–Kier alpha value is -2.42. The Kier molecular flexibility index (Phi) is 4.76. The maximum atomic E-state index is 12.0. The van der Waals surface area contributed by atoms with E-state index in [-0.39, 0.29) is 5.41 Å². The van der Waals surface area contributed by atoms with Crippen LogP contribution in [0.1, 0.15) is 38.1 Å². The molecule has 3 nitrogen and oxygen atoms in total. The van der Waals surface area contributed by atoms with Gasteiger partial charge in [0.05, 0.1) is 11.3 Å². The normalized spacial score (nSPS) is 12.1. The standard InChI is InChI=1S/C19H21NO2/c1-14(19(2,3)4)20-22-18(21)17-12-10-16(11-13-17)15-8-6-5-7-9-15/h5-13H,1-4H3/b20-14+. The van der Waals surface area contributed by atoms with Gasteiger partial charge in [-0.25, -0.2) is 4.79 Å². The molecule has 0 aromatic heterocycles. The predicted molar refractivity (Wildman–Crippen MR) is 89.9 cm³/mol. The quantitative estimate of drug-likeness (QED) is 0.457. The summed E-state index contributed by atoms with van der Waals surface area (Å²) in [5.74, 6) is -0.441. The van der Waals surface area contributed by atoms with Crippen LogP contribution in [0.5, 0.6) is 0 Å². The van der Waals surface area contributed by atoms with E-state index < -0.39 is 5.97 Å². The summed E-state index contributed by atoms with van der Waals surface area (Å²) in [6, 6.07) is 17.3. The third-order valence-corrected chi connectivity index (χ3v) is 3.58. The Bertz CT molecular complexity index is 665. The summed E-state index contributed by atoms with van der Waals surface area (Å²) < 4.78 is 0. The first-order valence-electron chi connectivity index (χ1n) is 7.30. The molecule has 0 bridgehead atoms. The van der Waals surface area contributed by atoms with Crippen LogP contribution in [0.2, 0.25) is 0 Å². The molecule has 0 amide bonds. The maximum Gasteiger partial charge on any atom is 0.365 e. The zero-order chi connectivity index (χ0) is 16.2. The highest BCUT2D eigenvalue weighted by Gasteiger charge is 2.16. The van der Waals surface area contributed by atoms with Gasteiger partial charge < -0.3 is 4.84 Å². The first kappa shape index (κ1) is 16.0. The molecule has 0 N–H and O–H groups in total. The number of hydrogen-bond acceptors (Lipinski definition) is 3. The highest BCUT2D eigenvalue weighted by atomic mass is 16.7. The molecule has 0 atom stereocenters. The predicted octanol–water partition coefficient (Wildman–Crippen LogP) is 4.93. The Labute approximate surface area is 131 Å². The number of oxime groups is 1. The van der Waals surface area contributed by atoms with Crippen LogP contribution in [-0.4, -0.2) is 11.7 Å². The minimum Gasteiger partial charge on any atom is -0.313 e. The summed E-state index contributed by atoms with van der Waals surface area (Å²) in [5, 5.41) is 3.92. The maximum absolute atomic E-state index is 12.0. The van der Waals surface area contributed by atoms with Crippen LogP contribution in [0, 0.1) is 5.41 Å². The molecule has 0 aliphatic carbocycles. The van der Waals surface area contributed by atoms with Crippen molar-refractivity contribution < 1.29 is 9.63 Å². The fraction of sp³-hybridized carbons (Fsp3) is 0.263. The van der Waals surface area contributed by atoms with Gasteiger partial charge in [0.1, 0.15) is 0 Å². The number of hydrogen-bond donors (Lipinski definition) is 0. The molecule has 2 aromatic carbocycles. The summed E-state index contributed by atoms with van der Waals surface area (Å²) in [4.78, 5) is 17.0. The van der Waals surface area contributed by atoms with E-state index in [1.807, 2.05) is 70.2 Å². The van der Waals surface area contributed by atoms with Gasteiger partial charge in [-0.1, -0.05) is 68.4 Å². The fourth-order valence-electron chi connectivity index (χ4n) is 1.73. The molecule has 114 valence electrons. The van der Waals surface area contributed by atoms with Gasteiger partial charge in [-0.3, -0.25) is 0 Å². The van der Waals surface area contributed by atoms with Gasteiger partial charge in [0.15, 0.2) is 0 Å². The molecule has 2 rings (SSSR count). The number of carbonyl (C=O) groups excluding carboxylic acids is 1. The van der Waals surface area contributed by atoms with Crippen LogP contribution in [-0.2, 0) is 4.84 Å². The zero-order valence-electron chi connectivity index (χ0n) is 13.5. The van der Waals surface area contributed by atoms with Crippen LogP contribution < -0.4 is 0 Å². The van der Waals surface area contributed by atoms with Crippen molar-refractivity contribution in [2.45, 2.75) is 27.7 Å². The minimum absolute atomic E-state index is 0.114. The summed E-state index contributed by atoms with van der Waals surface area (Å²) in [7, 11) is 0. The average molecular weight is 295 g/mol. The monoisotopic (exact) mass is 295 g/mol. The molecule has 0 saturated heterocycles. The van der Waals surface area contributed by atoms with E-state index in [0.29, 0.717) is 5.56 Å². The molecule has 0 saturated carbocycles. The van der Waals surface area contributed by atoms with E-state index in [2.05, 4.69) is 5.16 Å². The summed E-state index contributed by atoms with van der Waals surface area (Å²) in [6.45, 7) is 7.92. The van der Waals surface area contributed by atoms with Crippen LogP contribution in [0.3, 0.4) is 0 Å². The van der Waals surface area contributed by atoms with Crippen molar-refractivity contribution in [3.8, 4) is 11.1 Å². The lowest BCUT2D eigenvalue weighted by Gasteiger charge is -2.16. The van der Waals surface area contributed by atoms with Crippen molar-refractivity contribution in [3.63, 3.8) is 0 Å². The number of rotatable bonds is 3. The van der Waals surface area contributed by atoms with Crippen molar-refractivity contribution in [1.29, 1.82) is 0 Å². The van der Waals surface area contributed by atoms with Gasteiger partial charge in [-0.15, -0.1) is 0 Å². The fourth-order valence-corrected chi connectivity index (χ4v) is 1.73. The zero-order valence-corrected chi connectivity index (χ0v) is 13.5. The SMILES string of the molecule is C/C(=N\OC(=O)c1ccc(-c2ccccc2)cc1)C(C)(C)C. The Morgan fingerprint density at radius 1 is 0.909 bits per heavy atom. The van der Waals surface area contributed by atoms with Crippen molar-refractivity contribution in [2.24, 2.45) is 10.6 Å². The van der Waals surface area contributed by atoms with E-state index in [9.17, 15) is 4.79 Å². The van der Waals surface area contributed by atoms with Gasteiger partial charge in [0, 0.05) is 5.41 Å². The van der Waals surface area contributed by atoms with Crippen molar-refractivity contribution in [2.75, 3.05) is 0 Å². The number of benzene rings is 2. The van der Waals surface area contributed by atoms with E-state index in [0.717, 1.165) is 16.8 Å². The van der Waals surface area contributed by atoms with Crippen LogP contribution in [0.4, 0.5) is 0 Å². The molecule has 0 radical (unpaired) electrons. The molecule has 22 heavy (non-hydrogen) atoms. The van der Waals surface area contributed by atoms with Gasteiger partial charge in [-0.2, -0.15) is 0 Å². The molecule has 0 spiro atoms. The van der Waals surface area contributed by atoms with Gasteiger partial charge in [0.2, 0.25) is 0 Å². The third-order valence-electron chi connectivity index (χ3n) is 3.58. The van der Waals surface area contributed by atoms with E-state index in [1.165, 1.54) is 0 Å². The van der Waals surface area contributed by atoms with E-state index in [1.54, 1.807) is 12.1 Å². The molecule has 2 aromatic rings. The van der Waals surface area contributed by atoms with Gasteiger partial charge in [0.25, 0.3) is 0 Å². The highest BCUT2D eigenvalue weighted by Crippen LogP contribution is 2.20. The lowest BCUT2D eigenvalue weighted by atomic mass is 9.91. The molecule has 0 heterocycles. The second kappa shape index (κ2) is 6.56. The van der Waals surface area contributed by atoms with Crippen LogP contribution in [0.15, 0.2) is 59.8 Å². The molecular formula is C19H21NO2. The Morgan fingerprint density at radius 2 is 1.45 bits per heavy atom. The molecule has 3 heteroatoms. The first-order valence-corrected chi connectivity index (χ1v) is 7.30. The van der Waals surface area contributed by atoms with Gasteiger partial charge >= 0.3 is 5.97 Å². The second-order valence-electron chi connectivity index (χ2n) is 6.25. The van der Waals surface area contributed by atoms with Crippen LogP contribution in [0.25, 0.3) is 11.1 Å². The lowest BCUT2D eigenvalue weighted by Crippen LogP contribution is -2.17. The van der Waals surface area contributed by atoms with Crippen LogP contribution >= 0.6 is 0 Å². The highest BCUT2D eigenvalue weighted by molar-refractivity contribution is 5.92. The van der Waals surface area contributed by atoms with E-state index >= 15 is 0 Å². The minimum atomic E-state index is -0.441. The number of nitrogens with zero attached hydrogens (tertiary/aromatic N) is 1. The summed E-state index contributed by atoms with van der Waals surface area (Å²) in [6.07, 6.45) is 0. The average Bonchev–Trinajstić information content (AvgIpc) is 2.52. The number of carbonyl (C=O) groups is 1. The molecular weight excluding hydrogens is 274 g/mol. The lowest BCUT2D eigenvalue weighted by molar-refractivity contribution is 0.0512. The molecule has 0 aliphatic heterocycles. The molecule has 0 fully saturated rings. The van der Waals surface area contributed by atoms with Gasteiger partial charge in [-0.05, 0) is 30.2 Å². The van der Waals surface area contributed by atoms with Crippen molar-refractivity contribution >= 4 is 11.7 Å². The summed E-state index contributed by atoms with van der Waals surface area (Å²) >= 11 is 0. The summed E-state index contributed by atoms with van der Waals surface area (Å²) in [5.41, 5.74) is 3.33. The second-order valence-corrected chi connectivity index (χ2v) is 6.25. The third kappa shape index (κ3) is 4.04.